The van der Waals surface area contributed by atoms with Crippen LogP contribution in [-0.4, -0.2) is 45.7 Å². The highest BCUT2D eigenvalue weighted by Crippen LogP contribution is 2.13. The SMILES string of the molecule is COC(=O)C(CCn1cnc2nc(N)[nH]c(=O)c21)C(=O)OC. The summed E-state index contributed by atoms with van der Waals surface area (Å²) in [6, 6.07) is 0. The van der Waals surface area contributed by atoms with Gasteiger partial charge in [-0.3, -0.25) is 19.4 Å². The van der Waals surface area contributed by atoms with Crippen molar-refractivity contribution in [1.29, 1.82) is 0 Å². The number of nitrogens with zero attached hydrogens (tertiary/aromatic N) is 3. The molecule has 2 aromatic rings. The molecule has 0 radical (unpaired) electrons. The predicted octanol–water partition coefficient (Wildman–Crippen LogP) is -0.946. The lowest BCUT2D eigenvalue weighted by atomic mass is 10.1. The van der Waals surface area contributed by atoms with Crippen molar-refractivity contribution in [3.8, 4) is 0 Å². The van der Waals surface area contributed by atoms with E-state index in [-0.39, 0.29) is 30.1 Å². The predicted molar refractivity (Wildman–Crippen MR) is 74.7 cm³/mol. The van der Waals surface area contributed by atoms with Crippen LogP contribution in [0.25, 0.3) is 11.2 Å². The summed E-state index contributed by atoms with van der Waals surface area (Å²) < 4.78 is 10.6. The van der Waals surface area contributed by atoms with Crippen molar-refractivity contribution in [3.05, 3.63) is 16.7 Å². The summed E-state index contributed by atoms with van der Waals surface area (Å²) >= 11 is 0. The summed E-state index contributed by atoms with van der Waals surface area (Å²) in [7, 11) is 2.37. The average Bonchev–Trinajstić information content (AvgIpc) is 2.89. The molecular weight excluding hydrogens is 294 g/mol. The number of hydrogen-bond acceptors (Lipinski definition) is 8. The van der Waals surface area contributed by atoms with Gasteiger partial charge in [0.15, 0.2) is 17.1 Å². The van der Waals surface area contributed by atoms with Crippen LogP contribution < -0.4 is 11.3 Å². The van der Waals surface area contributed by atoms with Crippen LogP contribution in [0.1, 0.15) is 6.42 Å². The first-order chi connectivity index (χ1) is 10.5. The molecule has 2 aromatic heterocycles. The number of aryl methyl sites for hydroxylation is 1. The molecule has 118 valence electrons. The van der Waals surface area contributed by atoms with E-state index in [0.717, 1.165) is 0 Å². The number of aromatic nitrogens is 4. The molecule has 0 aliphatic rings. The minimum Gasteiger partial charge on any atom is -0.468 e. The van der Waals surface area contributed by atoms with Crippen LogP contribution in [0.4, 0.5) is 5.95 Å². The number of rotatable bonds is 5. The number of nitrogen functional groups attached to an aromatic ring is 1. The van der Waals surface area contributed by atoms with Crippen LogP contribution in [0, 0.1) is 5.92 Å². The zero-order chi connectivity index (χ0) is 16.3. The third kappa shape index (κ3) is 2.90. The van der Waals surface area contributed by atoms with E-state index < -0.39 is 23.4 Å². The standard InChI is InChI=1S/C12H15N5O5/c1-21-10(19)6(11(20)22-2)3-4-17-5-14-8-7(17)9(18)16-12(13)15-8/h5-6H,3-4H2,1-2H3,(H3,13,15,16,18). The number of esters is 2. The Morgan fingerprint density at radius 2 is 2.00 bits per heavy atom. The molecule has 0 atom stereocenters. The van der Waals surface area contributed by atoms with E-state index in [9.17, 15) is 14.4 Å². The number of aromatic amines is 1. The van der Waals surface area contributed by atoms with Gasteiger partial charge in [0.05, 0.1) is 20.5 Å². The molecule has 0 bridgehead atoms. The van der Waals surface area contributed by atoms with Gasteiger partial charge in [-0.2, -0.15) is 4.98 Å². The molecule has 0 aliphatic carbocycles. The summed E-state index contributed by atoms with van der Waals surface area (Å²) in [4.78, 5) is 45.3. The van der Waals surface area contributed by atoms with Crippen LogP contribution in [0.15, 0.2) is 11.1 Å². The molecule has 0 aromatic carbocycles. The van der Waals surface area contributed by atoms with Crippen molar-refractivity contribution in [2.24, 2.45) is 5.92 Å². The van der Waals surface area contributed by atoms with E-state index in [1.54, 1.807) is 0 Å². The van der Waals surface area contributed by atoms with Crippen LogP contribution in [0.5, 0.6) is 0 Å². The lowest BCUT2D eigenvalue weighted by Gasteiger charge is -2.12. The first-order valence-corrected chi connectivity index (χ1v) is 6.34. The monoisotopic (exact) mass is 309 g/mol. The number of fused-ring (bicyclic) bond motifs is 1. The van der Waals surface area contributed by atoms with E-state index in [2.05, 4.69) is 24.4 Å². The minimum atomic E-state index is -1.08. The van der Waals surface area contributed by atoms with Crippen molar-refractivity contribution < 1.29 is 19.1 Å². The van der Waals surface area contributed by atoms with Gasteiger partial charge in [0.1, 0.15) is 0 Å². The number of nitrogens with one attached hydrogen (secondary N) is 1. The lowest BCUT2D eigenvalue weighted by molar-refractivity contribution is -0.159. The first kappa shape index (κ1) is 15.5. The number of carbonyl (C=O) groups is 2. The molecule has 0 amide bonds. The van der Waals surface area contributed by atoms with Gasteiger partial charge in [-0.05, 0) is 6.42 Å². The number of nitrogens with two attached hydrogens (primary N) is 1. The summed E-state index contributed by atoms with van der Waals surface area (Å²) in [5.74, 6) is -2.52. The van der Waals surface area contributed by atoms with Crippen molar-refractivity contribution in [2.45, 2.75) is 13.0 Å². The molecule has 3 N–H and O–H groups in total. The normalized spacial score (nSPS) is 10.9. The molecule has 0 saturated carbocycles. The summed E-state index contributed by atoms with van der Waals surface area (Å²) in [6.07, 6.45) is 1.48. The number of hydrogen-bond donors (Lipinski definition) is 2. The van der Waals surface area contributed by atoms with E-state index in [0.29, 0.717) is 0 Å². The van der Waals surface area contributed by atoms with E-state index in [4.69, 9.17) is 5.73 Å². The van der Waals surface area contributed by atoms with Crippen LogP contribution >= 0.6 is 0 Å². The lowest BCUT2D eigenvalue weighted by Crippen LogP contribution is -2.28. The second-order valence-corrected chi connectivity index (χ2v) is 4.45. The van der Waals surface area contributed by atoms with Gasteiger partial charge in [0.25, 0.3) is 5.56 Å². The Labute approximate surface area is 124 Å². The van der Waals surface area contributed by atoms with Gasteiger partial charge in [-0.1, -0.05) is 0 Å². The Bertz CT molecular complexity index is 749. The second kappa shape index (κ2) is 6.24. The van der Waals surface area contributed by atoms with Crippen molar-refractivity contribution in [3.63, 3.8) is 0 Å². The molecule has 2 heterocycles. The molecular formula is C12H15N5O5. The number of carbonyl (C=O) groups excluding carboxylic acids is 2. The maximum absolute atomic E-state index is 11.9. The quantitative estimate of drug-likeness (QED) is 0.532. The first-order valence-electron chi connectivity index (χ1n) is 6.34. The van der Waals surface area contributed by atoms with E-state index in [1.165, 1.54) is 25.1 Å². The Morgan fingerprint density at radius 1 is 1.36 bits per heavy atom. The fourth-order valence-electron chi connectivity index (χ4n) is 2.06. The van der Waals surface area contributed by atoms with Gasteiger partial charge in [0.2, 0.25) is 5.95 Å². The molecule has 22 heavy (non-hydrogen) atoms. The zero-order valence-electron chi connectivity index (χ0n) is 12.0. The number of imidazole rings is 1. The van der Waals surface area contributed by atoms with Crippen LogP contribution in [0.3, 0.4) is 0 Å². The Hall–Kier alpha value is -2.91. The molecule has 0 spiro atoms. The second-order valence-electron chi connectivity index (χ2n) is 4.45. The van der Waals surface area contributed by atoms with Crippen LogP contribution in [0.2, 0.25) is 0 Å². The van der Waals surface area contributed by atoms with Gasteiger partial charge in [-0.25, -0.2) is 4.98 Å². The third-order valence-corrected chi connectivity index (χ3v) is 3.13. The molecule has 0 aliphatic heterocycles. The number of anilines is 1. The number of H-pyrrole nitrogens is 1. The highest BCUT2D eigenvalue weighted by molar-refractivity contribution is 5.94. The topological polar surface area (TPSA) is 142 Å². The maximum atomic E-state index is 11.9. The van der Waals surface area contributed by atoms with Gasteiger partial charge >= 0.3 is 11.9 Å². The summed E-state index contributed by atoms with van der Waals surface area (Å²) in [6.45, 7) is 0.181. The highest BCUT2D eigenvalue weighted by Gasteiger charge is 2.28. The van der Waals surface area contributed by atoms with Gasteiger partial charge in [-0.15, -0.1) is 0 Å². The number of ether oxygens (including phenoxy) is 2. The number of methoxy groups -OCH3 is 2. The fraction of sp³-hybridized carbons (Fsp3) is 0.417. The zero-order valence-corrected chi connectivity index (χ0v) is 12.0. The molecule has 10 heteroatoms. The van der Waals surface area contributed by atoms with Crippen molar-refractivity contribution >= 4 is 29.1 Å². The maximum Gasteiger partial charge on any atom is 0.320 e. The Kier molecular flexibility index (Phi) is 4.39. The summed E-state index contributed by atoms with van der Waals surface area (Å²) in [5.41, 5.74) is 5.38. The van der Waals surface area contributed by atoms with Gasteiger partial charge in [0, 0.05) is 6.54 Å². The molecule has 0 fully saturated rings. The van der Waals surface area contributed by atoms with E-state index in [1.807, 2.05) is 0 Å². The Balaban J connectivity index is 2.25. The largest absolute Gasteiger partial charge is 0.468 e. The minimum absolute atomic E-state index is 0.0373. The van der Waals surface area contributed by atoms with Crippen molar-refractivity contribution in [1.82, 2.24) is 19.5 Å². The third-order valence-electron chi connectivity index (χ3n) is 3.13. The fourth-order valence-corrected chi connectivity index (χ4v) is 2.06. The molecule has 10 nitrogen and oxygen atoms in total. The molecule has 0 unspecified atom stereocenters. The molecule has 2 rings (SSSR count). The summed E-state index contributed by atoms with van der Waals surface area (Å²) in [5, 5.41) is 0. The van der Waals surface area contributed by atoms with Crippen molar-refractivity contribution in [2.75, 3.05) is 20.0 Å². The Morgan fingerprint density at radius 3 is 2.59 bits per heavy atom. The average molecular weight is 309 g/mol. The smallest absolute Gasteiger partial charge is 0.320 e. The highest BCUT2D eigenvalue weighted by atomic mass is 16.5. The van der Waals surface area contributed by atoms with E-state index >= 15 is 0 Å². The molecule has 0 saturated heterocycles. The van der Waals surface area contributed by atoms with Crippen LogP contribution in [-0.2, 0) is 25.6 Å². The van der Waals surface area contributed by atoms with Gasteiger partial charge < -0.3 is 19.8 Å².